The molecule has 0 bridgehead atoms. The first-order valence-electron chi connectivity index (χ1n) is 7.46. The molecule has 0 amide bonds. The van der Waals surface area contributed by atoms with Gasteiger partial charge in [-0.15, -0.1) is 5.10 Å². The van der Waals surface area contributed by atoms with Crippen molar-refractivity contribution in [2.75, 3.05) is 5.32 Å². The van der Waals surface area contributed by atoms with E-state index in [0.717, 1.165) is 25.1 Å². The number of tetrazole rings is 1. The molecule has 1 aromatic heterocycles. The first kappa shape index (κ1) is 14.3. The van der Waals surface area contributed by atoms with Crippen molar-refractivity contribution in [2.45, 2.75) is 26.3 Å². The summed E-state index contributed by atoms with van der Waals surface area (Å²) in [4.78, 5) is 1.64. The molecule has 1 heterocycles. The average molecular weight is 293 g/mol. The van der Waals surface area contributed by atoms with Crippen molar-refractivity contribution >= 4 is 11.6 Å². The molecule has 0 saturated carbocycles. The number of aromatic nitrogens is 4. The Morgan fingerprint density at radius 3 is 2.59 bits per heavy atom. The van der Waals surface area contributed by atoms with Crippen LogP contribution in [0.15, 0.2) is 54.6 Å². The van der Waals surface area contributed by atoms with Crippen LogP contribution >= 0.6 is 0 Å². The van der Waals surface area contributed by atoms with Crippen molar-refractivity contribution in [1.82, 2.24) is 20.2 Å². The predicted octanol–water partition coefficient (Wildman–Crippen LogP) is 3.36. The fraction of sp³-hybridized carbons (Fsp3) is 0.235. The number of nitrogens with zero attached hydrogens (tertiary/aromatic N) is 4. The van der Waals surface area contributed by atoms with Crippen molar-refractivity contribution < 1.29 is 0 Å². The molecule has 22 heavy (non-hydrogen) atoms. The van der Waals surface area contributed by atoms with Gasteiger partial charge in [0.15, 0.2) is 0 Å². The largest absolute Gasteiger partial charge is 0.322 e. The molecule has 0 fully saturated rings. The summed E-state index contributed by atoms with van der Waals surface area (Å²) in [6, 6.07) is 18.3. The minimum atomic E-state index is 0.530. The molecule has 0 aliphatic carbocycles. The number of benzene rings is 2. The fourth-order valence-corrected chi connectivity index (χ4v) is 2.34. The van der Waals surface area contributed by atoms with Crippen LogP contribution < -0.4 is 5.32 Å². The maximum atomic E-state index is 4.34. The Hall–Kier alpha value is -2.69. The molecule has 5 nitrogen and oxygen atoms in total. The second-order valence-corrected chi connectivity index (χ2v) is 5.23. The Balaban J connectivity index is 1.53. The van der Waals surface area contributed by atoms with Gasteiger partial charge in [0.1, 0.15) is 0 Å². The highest BCUT2D eigenvalue weighted by atomic mass is 15.6. The third kappa shape index (κ3) is 3.69. The van der Waals surface area contributed by atoms with Crippen LogP contribution in [0.3, 0.4) is 0 Å². The van der Waals surface area contributed by atoms with E-state index >= 15 is 0 Å². The lowest BCUT2D eigenvalue weighted by molar-refractivity contribution is 0.500. The average Bonchev–Trinajstić information content (AvgIpc) is 2.98. The summed E-state index contributed by atoms with van der Waals surface area (Å²) in [6.45, 7) is 2.91. The highest BCUT2D eigenvalue weighted by Crippen LogP contribution is 2.11. The topological polar surface area (TPSA) is 55.6 Å². The zero-order chi connectivity index (χ0) is 15.2. The van der Waals surface area contributed by atoms with Crippen molar-refractivity contribution in [3.05, 3.63) is 65.7 Å². The summed E-state index contributed by atoms with van der Waals surface area (Å²) < 4.78 is 0. The van der Waals surface area contributed by atoms with E-state index in [0.29, 0.717) is 5.95 Å². The van der Waals surface area contributed by atoms with Crippen LogP contribution in [0.1, 0.15) is 17.5 Å². The Kier molecular flexibility index (Phi) is 4.44. The summed E-state index contributed by atoms with van der Waals surface area (Å²) in [7, 11) is 0. The minimum Gasteiger partial charge on any atom is -0.322 e. The number of hydrogen-bond donors (Lipinski definition) is 1. The van der Waals surface area contributed by atoms with Gasteiger partial charge in [0.2, 0.25) is 0 Å². The lowest BCUT2D eigenvalue weighted by Crippen LogP contribution is -2.04. The Morgan fingerprint density at radius 1 is 1.00 bits per heavy atom. The maximum absolute atomic E-state index is 4.34. The van der Waals surface area contributed by atoms with Gasteiger partial charge in [0, 0.05) is 5.69 Å². The normalized spacial score (nSPS) is 10.6. The zero-order valence-corrected chi connectivity index (χ0v) is 12.6. The second-order valence-electron chi connectivity index (χ2n) is 5.23. The number of nitrogens with one attached hydrogen (secondary N) is 1. The molecule has 3 rings (SSSR count). The fourth-order valence-electron chi connectivity index (χ4n) is 2.34. The quantitative estimate of drug-likeness (QED) is 0.757. The van der Waals surface area contributed by atoms with Crippen LogP contribution in [0, 0.1) is 6.92 Å². The third-order valence-corrected chi connectivity index (χ3v) is 3.55. The number of aryl methyl sites for hydroxylation is 3. The van der Waals surface area contributed by atoms with Gasteiger partial charge in [-0.3, -0.25) is 0 Å². The monoisotopic (exact) mass is 293 g/mol. The Labute approximate surface area is 130 Å². The summed E-state index contributed by atoms with van der Waals surface area (Å²) in [5, 5.41) is 15.6. The molecule has 0 atom stereocenters. The molecular weight excluding hydrogens is 274 g/mol. The molecule has 0 radical (unpaired) electrons. The van der Waals surface area contributed by atoms with Gasteiger partial charge in [-0.25, -0.2) is 0 Å². The van der Waals surface area contributed by atoms with E-state index in [-0.39, 0.29) is 0 Å². The molecule has 0 saturated heterocycles. The van der Waals surface area contributed by atoms with Crippen molar-refractivity contribution in [1.29, 1.82) is 0 Å². The van der Waals surface area contributed by atoms with Crippen LogP contribution in [-0.4, -0.2) is 20.2 Å². The third-order valence-electron chi connectivity index (χ3n) is 3.55. The lowest BCUT2D eigenvalue weighted by Gasteiger charge is -2.04. The standard InChI is InChI=1S/C17H19N5/c1-14-8-5-6-9-15(14)10-7-13-22-20-17(19-21-22)18-16-11-3-2-4-12-16/h2-6,8-9,11-12H,7,10,13H2,1H3,(H,18,20). The molecule has 5 heteroatoms. The first-order valence-corrected chi connectivity index (χ1v) is 7.46. The molecule has 2 aromatic carbocycles. The SMILES string of the molecule is Cc1ccccc1CCCn1nnc(Nc2ccccc2)n1. The summed E-state index contributed by atoms with van der Waals surface area (Å²) in [6.07, 6.45) is 2.02. The number of hydrogen-bond acceptors (Lipinski definition) is 4. The van der Waals surface area contributed by atoms with E-state index in [1.165, 1.54) is 11.1 Å². The molecular formula is C17H19N5. The minimum absolute atomic E-state index is 0.530. The van der Waals surface area contributed by atoms with E-state index in [1.54, 1.807) is 4.80 Å². The van der Waals surface area contributed by atoms with Gasteiger partial charge in [0.05, 0.1) is 6.54 Å². The van der Waals surface area contributed by atoms with Gasteiger partial charge in [-0.05, 0) is 48.2 Å². The zero-order valence-electron chi connectivity index (χ0n) is 12.6. The molecule has 112 valence electrons. The Morgan fingerprint density at radius 2 is 1.77 bits per heavy atom. The molecule has 0 aliphatic heterocycles. The van der Waals surface area contributed by atoms with Gasteiger partial charge in [0.25, 0.3) is 5.95 Å². The molecule has 0 unspecified atom stereocenters. The predicted molar refractivity (Wildman–Crippen MR) is 87.0 cm³/mol. The second kappa shape index (κ2) is 6.85. The Bertz CT molecular complexity index is 721. The molecule has 3 aromatic rings. The van der Waals surface area contributed by atoms with Crippen LogP contribution in [0.4, 0.5) is 11.6 Å². The summed E-state index contributed by atoms with van der Waals surface area (Å²) >= 11 is 0. The smallest absolute Gasteiger partial charge is 0.267 e. The highest BCUT2D eigenvalue weighted by Gasteiger charge is 2.03. The van der Waals surface area contributed by atoms with Crippen molar-refractivity contribution in [3.8, 4) is 0 Å². The van der Waals surface area contributed by atoms with Crippen molar-refractivity contribution in [3.63, 3.8) is 0 Å². The van der Waals surface area contributed by atoms with E-state index in [9.17, 15) is 0 Å². The summed E-state index contributed by atoms with van der Waals surface area (Å²) in [5.74, 6) is 0.530. The van der Waals surface area contributed by atoms with Crippen LogP contribution in [0.5, 0.6) is 0 Å². The van der Waals surface area contributed by atoms with Gasteiger partial charge in [-0.1, -0.05) is 47.6 Å². The highest BCUT2D eigenvalue weighted by molar-refractivity contribution is 5.51. The van der Waals surface area contributed by atoms with Gasteiger partial charge in [-0.2, -0.15) is 4.80 Å². The molecule has 0 spiro atoms. The van der Waals surface area contributed by atoms with E-state index in [4.69, 9.17) is 0 Å². The lowest BCUT2D eigenvalue weighted by atomic mass is 10.0. The summed E-state index contributed by atoms with van der Waals surface area (Å²) in [5.41, 5.74) is 3.67. The van der Waals surface area contributed by atoms with Crippen LogP contribution in [-0.2, 0) is 13.0 Å². The number of rotatable bonds is 6. The van der Waals surface area contributed by atoms with E-state index < -0.39 is 0 Å². The number of para-hydroxylation sites is 1. The first-order chi connectivity index (χ1) is 10.8. The van der Waals surface area contributed by atoms with Crippen LogP contribution in [0.2, 0.25) is 0 Å². The number of anilines is 2. The molecule has 0 aliphatic rings. The van der Waals surface area contributed by atoms with Crippen LogP contribution in [0.25, 0.3) is 0 Å². The van der Waals surface area contributed by atoms with E-state index in [1.807, 2.05) is 30.3 Å². The van der Waals surface area contributed by atoms with E-state index in [2.05, 4.69) is 51.9 Å². The van der Waals surface area contributed by atoms with Gasteiger partial charge < -0.3 is 5.32 Å². The molecule has 1 N–H and O–H groups in total. The van der Waals surface area contributed by atoms with Gasteiger partial charge >= 0.3 is 0 Å². The van der Waals surface area contributed by atoms with Crippen molar-refractivity contribution in [2.24, 2.45) is 0 Å². The maximum Gasteiger partial charge on any atom is 0.267 e.